The zero-order valence-corrected chi connectivity index (χ0v) is 26.9. The van der Waals surface area contributed by atoms with Gasteiger partial charge in [0.2, 0.25) is 17.7 Å². The molecule has 3 heterocycles. The number of aliphatic hydroxyl groups is 1. The fraction of sp³-hybridized carbons (Fsp3) is 0.781. The predicted octanol–water partition coefficient (Wildman–Crippen LogP) is 4.75. The molecule has 3 unspecified atom stereocenters. The third-order valence-corrected chi connectivity index (χ3v) is 11.3. The molecule has 40 heavy (non-hydrogen) atoms. The van der Waals surface area contributed by atoms with Gasteiger partial charge in [0.05, 0.1) is 29.2 Å². The number of amides is 3. The second-order valence-electron chi connectivity index (χ2n) is 13.9. The molecule has 8 heteroatoms. The molecule has 0 saturated carbocycles. The highest BCUT2D eigenvalue weighted by Gasteiger charge is 2.77. The van der Waals surface area contributed by atoms with Crippen molar-refractivity contribution in [3.8, 4) is 0 Å². The molecule has 0 aromatic carbocycles. The molecule has 1 N–H and O–H groups in total. The lowest BCUT2D eigenvalue weighted by atomic mass is 9.65. The van der Waals surface area contributed by atoms with Gasteiger partial charge in [-0.3, -0.25) is 14.4 Å². The van der Waals surface area contributed by atoms with Crippen molar-refractivity contribution in [1.29, 1.82) is 0 Å². The van der Waals surface area contributed by atoms with Gasteiger partial charge in [-0.25, -0.2) is 0 Å². The van der Waals surface area contributed by atoms with Gasteiger partial charge in [-0.05, 0) is 50.9 Å². The molecule has 3 rings (SSSR count). The zero-order valence-electron chi connectivity index (χ0n) is 26.1. The summed E-state index contributed by atoms with van der Waals surface area (Å²) in [5, 5.41) is 10.4. The number of fused-ring (bicyclic) bond motifs is 1. The first-order valence-corrected chi connectivity index (χ1v) is 16.0. The molecule has 1 spiro atoms. The van der Waals surface area contributed by atoms with Crippen molar-refractivity contribution in [1.82, 2.24) is 14.7 Å². The van der Waals surface area contributed by atoms with E-state index in [-0.39, 0.29) is 40.9 Å². The summed E-state index contributed by atoms with van der Waals surface area (Å²) in [5.41, 5.74) is -0.513. The molecule has 0 aromatic rings. The molecule has 7 atom stereocenters. The van der Waals surface area contributed by atoms with Crippen LogP contribution in [0.15, 0.2) is 25.3 Å². The van der Waals surface area contributed by atoms with E-state index < -0.39 is 34.2 Å². The zero-order chi connectivity index (χ0) is 30.2. The van der Waals surface area contributed by atoms with Gasteiger partial charge >= 0.3 is 0 Å². The molecule has 3 fully saturated rings. The first kappa shape index (κ1) is 32.7. The van der Waals surface area contributed by atoms with E-state index in [1.165, 1.54) is 0 Å². The van der Waals surface area contributed by atoms with Crippen molar-refractivity contribution in [2.75, 3.05) is 26.2 Å². The number of likely N-dealkylation sites (tertiary alicyclic amines) is 1. The Hall–Kier alpha value is -1.80. The predicted molar refractivity (Wildman–Crippen MR) is 164 cm³/mol. The number of hydrogen-bond donors (Lipinski definition) is 1. The normalized spacial score (nSPS) is 30.3. The number of aliphatic hydroxyl groups excluding tert-OH is 1. The van der Waals surface area contributed by atoms with Gasteiger partial charge in [0.15, 0.2) is 0 Å². The summed E-state index contributed by atoms with van der Waals surface area (Å²) in [6, 6.07) is -1.23. The van der Waals surface area contributed by atoms with E-state index in [0.29, 0.717) is 26.1 Å². The lowest BCUT2D eigenvalue weighted by Gasteiger charge is -2.47. The number of thioether (sulfide) groups is 1. The highest BCUT2D eigenvalue weighted by molar-refractivity contribution is 8.02. The van der Waals surface area contributed by atoms with Crippen LogP contribution >= 0.6 is 11.8 Å². The minimum absolute atomic E-state index is 0.00696. The van der Waals surface area contributed by atoms with Gasteiger partial charge in [-0.15, -0.1) is 24.9 Å². The van der Waals surface area contributed by atoms with Gasteiger partial charge in [0.25, 0.3) is 0 Å². The van der Waals surface area contributed by atoms with E-state index in [1.807, 2.05) is 23.6 Å². The largest absolute Gasteiger partial charge is 0.394 e. The molecule has 7 nitrogen and oxygen atoms in total. The Morgan fingerprint density at radius 3 is 2.27 bits per heavy atom. The maximum atomic E-state index is 14.9. The Bertz CT molecular complexity index is 987. The van der Waals surface area contributed by atoms with Crippen LogP contribution in [-0.2, 0) is 14.4 Å². The van der Waals surface area contributed by atoms with E-state index >= 15 is 0 Å². The molecule has 0 aliphatic carbocycles. The second kappa shape index (κ2) is 12.2. The van der Waals surface area contributed by atoms with Crippen molar-refractivity contribution in [2.24, 2.45) is 23.2 Å². The van der Waals surface area contributed by atoms with E-state index in [4.69, 9.17) is 0 Å². The van der Waals surface area contributed by atoms with E-state index in [9.17, 15) is 19.5 Å². The maximum absolute atomic E-state index is 14.9. The first-order chi connectivity index (χ1) is 18.7. The van der Waals surface area contributed by atoms with Crippen molar-refractivity contribution in [3.63, 3.8) is 0 Å². The molecule has 3 amide bonds. The summed E-state index contributed by atoms with van der Waals surface area (Å²) in [5.74, 6) is -1.25. The summed E-state index contributed by atoms with van der Waals surface area (Å²) in [7, 11) is 0. The minimum atomic E-state index is -0.747. The molecule has 226 valence electrons. The Labute approximate surface area is 246 Å². The Kier molecular flexibility index (Phi) is 9.98. The van der Waals surface area contributed by atoms with E-state index in [0.717, 1.165) is 19.3 Å². The van der Waals surface area contributed by atoms with Crippen LogP contribution in [0.5, 0.6) is 0 Å². The van der Waals surface area contributed by atoms with Gasteiger partial charge in [-0.1, -0.05) is 53.7 Å². The number of nitrogens with zero attached hydrogens (tertiary/aromatic N) is 3. The number of rotatable bonds is 13. The first-order valence-electron chi connectivity index (χ1n) is 15.1. The van der Waals surface area contributed by atoms with Crippen molar-refractivity contribution in [2.45, 2.75) is 109 Å². The van der Waals surface area contributed by atoms with Gasteiger partial charge in [0.1, 0.15) is 6.04 Å². The van der Waals surface area contributed by atoms with Crippen LogP contribution in [0.25, 0.3) is 0 Å². The highest BCUT2D eigenvalue weighted by atomic mass is 32.2. The third kappa shape index (κ3) is 5.51. The molecule has 3 saturated heterocycles. The van der Waals surface area contributed by atoms with E-state index in [1.54, 1.807) is 28.8 Å². The second-order valence-corrected chi connectivity index (χ2v) is 15.5. The Balaban J connectivity index is 2.17. The Morgan fingerprint density at radius 2 is 1.77 bits per heavy atom. The summed E-state index contributed by atoms with van der Waals surface area (Å²) in [6.07, 6.45) is 6.41. The summed E-state index contributed by atoms with van der Waals surface area (Å²) in [6.45, 7) is 25.8. The van der Waals surface area contributed by atoms with Crippen LogP contribution in [0.1, 0.15) is 81.1 Å². The van der Waals surface area contributed by atoms with Gasteiger partial charge in [0, 0.05) is 30.4 Å². The van der Waals surface area contributed by atoms with Crippen molar-refractivity contribution >= 4 is 29.5 Å². The molecule has 2 bridgehead atoms. The summed E-state index contributed by atoms with van der Waals surface area (Å²) < 4.78 is -0.717. The monoisotopic (exact) mass is 575 g/mol. The van der Waals surface area contributed by atoms with Crippen LogP contribution in [0.2, 0.25) is 0 Å². The summed E-state index contributed by atoms with van der Waals surface area (Å²) in [4.78, 5) is 49.0. The number of carbonyl (C=O) groups excluding carboxylic acids is 3. The quantitative estimate of drug-likeness (QED) is 0.321. The van der Waals surface area contributed by atoms with Crippen molar-refractivity contribution in [3.05, 3.63) is 25.3 Å². The minimum Gasteiger partial charge on any atom is -0.394 e. The van der Waals surface area contributed by atoms with E-state index in [2.05, 4.69) is 54.7 Å². The Morgan fingerprint density at radius 1 is 1.15 bits per heavy atom. The molecule has 3 aliphatic heterocycles. The lowest BCUT2D eigenvalue weighted by molar-refractivity contribution is -0.149. The maximum Gasteiger partial charge on any atom is 0.247 e. The van der Waals surface area contributed by atoms with Gasteiger partial charge in [-0.2, -0.15) is 0 Å². The lowest BCUT2D eigenvalue weighted by Crippen LogP contribution is -2.62. The van der Waals surface area contributed by atoms with Crippen molar-refractivity contribution < 1.29 is 19.5 Å². The molecule has 0 aromatic heterocycles. The average molecular weight is 576 g/mol. The SMILES string of the molecule is C=CCN(CCC)C(=O)[C@@H]1[C@@H]2CC(C)C3(S2)C(C(=O)N(CC=C)C(C)(C)CC(C)(C)C)N([C@@H](CC)CO)C(=O)[C@H]13. The van der Waals surface area contributed by atoms with Crippen LogP contribution in [0.4, 0.5) is 0 Å². The molecule has 0 radical (unpaired) electrons. The smallest absolute Gasteiger partial charge is 0.247 e. The molecular weight excluding hydrogens is 522 g/mol. The van der Waals surface area contributed by atoms with Crippen LogP contribution < -0.4 is 0 Å². The number of hydrogen-bond acceptors (Lipinski definition) is 5. The molecular formula is C32H53N3O4S. The fourth-order valence-corrected chi connectivity index (χ4v) is 10.5. The third-order valence-electron chi connectivity index (χ3n) is 9.20. The average Bonchev–Trinajstić information content (AvgIpc) is 3.45. The number of carbonyl (C=O) groups is 3. The topological polar surface area (TPSA) is 81.2 Å². The van der Waals surface area contributed by atoms with Crippen LogP contribution in [0.3, 0.4) is 0 Å². The molecule has 3 aliphatic rings. The summed E-state index contributed by atoms with van der Waals surface area (Å²) >= 11 is 1.70. The van der Waals surface area contributed by atoms with Gasteiger partial charge < -0.3 is 19.8 Å². The fourth-order valence-electron chi connectivity index (χ4n) is 8.06. The van der Waals surface area contributed by atoms with Crippen LogP contribution in [0, 0.1) is 23.2 Å². The van der Waals surface area contributed by atoms with Crippen LogP contribution in [-0.4, -0.2) is 91.4 Å². The highest BCUT2D eigenvalue weighted by Crippen LogP contribution is 2.69. The standard InChI is InChI=1S/C32H53N3O4S/c1-11-15-33(16-12-2)27(37)24-23-18-21(5)32(40-23)25(24)28(38)35(22(14-4)19-36)26(32)29(39)34(17-13-3)31(9,10)20-30(6,7)8/h11,13,21-26,36H,1,3,12,14-20H2,2,4-10H3/t21?,22-,23-,24+,25-,26?,32?/m0/s1.